The summed E-state index contributed by atoms with van der Waals surface area (Å²) in [4.78, 5) is 4.61. The largest absolute Gasteiger partial charge is 0.256 e. The van der Waals surface area contributed by atoms with Crippen molar-refractivity contribution in [2.75, 3.05) is 0 Å². The Morgan fingerprint density at radius 1 is 0.852 bits per heavy atom. The standard InChI is InChI=1S/C24H16FNS/c1-15-13-22(26-14-20(15)16-7-3-2-4-8-16)19-11-5-9-17-18-10-6-12-21(25)24(18)27-23(17)19/h2-14H,1H3/i1D3. The van der Waals surface area contributed by atoms with Crippen LogP contribution >= 0.6 is 11.3 Å². The number of rotatable bonds is 2. The Kier molecular flexibility index (Phi) is 3.07. The molecule has 0 saturated heterocycles. The van der Waals surface area contributed by atoms with Gasteiger partial charge in [-0.05, 0) is 30.1 Å². The summed E-state index contributed by atoms with van der Waals surface area (Å²) >= 11 is 1.37. The first-order chi connectivity index (χ1) is 14.4. The summed E-state index contributed by atoms with van der Waals surface area (Å²) in [6.07, 6.45) is 1.62. The Hall–Kier alpha value is -3.04. The van der Waals surface area contributed by atoms with Gasteiger partial charge in [0, 0.05) is 36.9 Å². The van der Waals surface area contributed by atoms with Crippen LogP contribution in [0.3, 0.4) is 0 Å². The Bertz CT molecular complexity index is 1390. The number of hydrogen-bond donors (Lipinski definition) is 0. The van der Waals surface area contributed by atoms with E-state index in [9.17, 15) is 4.39 Å². The van der Waals surface area contributed by atoms with Crippen molar-refractivity contribution < 1.29 is 8.50 Å². The highest BCUT2D eigenvalue weighted by Gasteiger charge is 2.14. The SMILES string of the molecule is [2H]C([2H])([2H])c1cc(-c2cccc3c2sc2c(F)cccc23)ncc1-c1ccccc1. The first kappa shape index (κ1) is 13.2. The molecule has 0 atom stereocenters. The number of pyridine rings is 1. The van der Waals surface area contributed by atoms with Gasteiger partial charge in [0.2, 0.25) is 0 Å². The van der Waals surface area contributed by atoms with Crippen LogP contribution in [0.4, 0.5) is 4.39 Å². The van der Waals surface area contributed by atoms with Crippen molar-refractivity contribution in [3.8, 4) is 22.4 Å². The molecule has 0 amide bonds. The molecule has 0 aliphatic carbocycles. The molecule has 0 N–H and O–H groups in total. The van der Waals surface area contributed by atoms with E-state index in [2.05, 4.69) is 4.98 Å². The lowest BCUT2D eigenvalue weighted by Gasteiger charge is -2.09. The molecule has 0 unspecified atom stereocenters. The second-order valence-electron chi connectivity index (χ2n) is 6.38. The zero-order chi connectivity index (χ0) is 20.9. The molecule has 5 rings (SSSR count). The molecule has 130 valence electrons. The molecule has 0 radical (unpaired) electrons. The van der Waals surface area contributed by atoms with Crippen LogP contribution in [-0.2, 0) is 0 Å². The third-order valence-corrected chi connectivity index (χ3v) is 6.00. The molecule has 5 aromatic rings. The van der Waals surface area contributed by atoms with Crippen molar-refractivity contribution >= 4 is 31.5 Å². The third kappa shape index (κ3) is 2.63. The van der Waals surface area contributed by atoms with Crippen molar-refractivity contribution in [2.45, 2.75) is 6.85 Å². The van der Waals surface area contributed by atoms with Crippen LogP contribution in [0, 0.1) is 12.7 Å². The van der Waals surface area contributed by atoms with Gasteiger partial charge in [0.05, 0.1) is 10.4 Å². The first-order valence-corrected chi connectivity index (χ1v) is 9.41. The molecule has 0 aliphatic rings. The van der Waals surface area contributed by atoms with Gasteiger partial charge in [0.25, 0.3) is 0 Å². The third-order valence-electron chi connectivity index (χ3n) is 4.74. The molecule has 2 heterocycles. The summed E-state index contributed by atoms with van der Waals surface area (Å²) in [6.45, 7) is -2.29. The number of benzene rings is 3. The van der Waals surface area contributed by atoms with Gasteiger partial charge >= 0.3 is 0 Å². The second-order valence-corrected chi connectivity index (χ2v) is 7.40. The minimum atomic E-state index is -2.29. The smallest absolute Gasteiger partial charge is 0.141 e. The molecule has 3 heteroatoms. The van der Waals surface area contributed by atoms with Gasteiger partial charge in [-0.1, -0.05) is 60.7 Å². The summed E-state index contributed by atoms with van der Waals surface area (Å²) in [6, 6.07) is 21.9. The summed E-state index contributed by atoms with van der Waals surface area (Å²) in [7, 11) is 0. The number of aryl methyl sites for hydroxylation is 1. The first-order valence-electron chi connectivity index (χ1n) is 10.1. The average molecular weight is 372 g/mol. The average Bonchev–Trinajstić information content (AvgIpc) is 3.14. The maximum Gasteiger partial charge on any atom is 0.141 e. The van der Waals surface area contributed by atoms with Crippen molar-refractivity contribution in [1.82, 2.24) is 4.98 Å². The normalized spacial score (nSPS) is 13.4. The lowest BCUT2D eigenvalue weighted by molar-refractivity contribution is 0.642. The number of thiophene rings is 1. The van der Waals surface area contributed by atoms with Crippen molar-refractivity contribution in [1.29, 1.82) is 0 Å². The molecule has 0 saturated carbocycles. The van der Waals surface area contributed by atoms with Crippen LogP contribution in [0.5, 0.6) is 0 Å². The van der Waals surface area contributed by atoms with E-state index in [1.54, 1.807) is 18.3 Å². The maximum absolute atomic E-state index is 14.3. The number of fused-ring (bicyclic) bond motifs is 3. The highest BCUT2D eigenvalue weighted by Crippen LogP contribution is 2.40. The number of halogens is 1. The number of hydrogen-bond acceptors (Lipinski definition) is 2. The molecule has 0 aliphatic heterocycles. The minimum Gasteiger partial charge on any atom is -0.256 e. The fourth-order valence-electron chi connectivity index (χ4n) is 3.44. The summed E-state index contributed by atoms with van der Waals surface area (Å²) in [5, 5.41) is 1.80. The van der Waals surface area contributed by atoms with E-state index in [1.807, 2.05) is 54.6 Å². The number of nitrogens with zero attached hydrogens (tertiary/aromatic N) is 1. The Morgan fingerprint density at radius 3 is 2.44 bits per heavy atom. The predicted molar refractivity (Wildman–Crippen MR) is 113 cm³/mol. The minimum absolute atomic E-state index is 0.253. The molecule has 0 bridgehead atoms. The van der Waals surface area contributed by atoms with Gasteiger partial charge in [-0.3, -0.25) is 4.98 Å². The van der Waals surface area contributed by atoms with E-state index >= 15 is 0 Å². The lowest BCUT2D eigenvalue weighted by Crippen LogP contribution is -1.89. The van der Waals surface area contributed by atoms with Crippen LogP contribution in [0.2, 0.25) is 0 Å². The van der Waals surface area contributed by atoms with Crippen LogP contribution in [-0.4, -0.2) is 4.98 Å². The van der Waals surface area contributed by atoms with Gasteiger partial charge in [0.1, 0.15) is 5.82 Å². The van der Waals surface area contributed by atoms with E-state index in [-0.39, 0.29) is 11.4 Å². The topological polar surface area (TPSA) is 12.9 Å². The molecular weight excluding hydrogens is 353 g/mol. The molecule has 27 heavy (non-hydrogen) atoms. The van der Waals surface area contributed by atoms with Gasteiger partial charge in [0.15, 0.2) is 0 Å². The molecule has 2 aromatic heterocycles. The fraction of sp³-hybridized carbons (Fsp3) is 0.0417. The summed E-state index contributed by atoms with van der Waals surface area (Å²) in [5.74, 6) is -0.254. The van der Waals surface area contributed by atoms with Gasteiger partial charge in [-0.15, -0.1) is 11.3 Å². The second kappa shape index (κ2) is 6.29. The quantitative estimate of drug-likeness (QED) is 0.318. The summed E-state index contributed by atoms with van der Waals surface area (Å²) < 4.78 is 40.0. The number of aromatic nitrogens is 1. The van der Waals surface area contributed by atoms with Crippen LogP contribution in [0.25, 0.3) is 42.6 Å². The predicted octanol–water partition coefficient (Wildman–Crippen LogP) is 7.23. The zero-order valence-corrected chi connectivity index (χ0v) is 15.1. The molecular formula is C24H16FNS. The Labute approximate surface area is 165 Å². The molecule has 1 nitrogen and oxygen atoms in total. The Morgan fingerprint density at radius 2 is 1.63 bits per heavy atom. The van der Waals surface area contributed by atoms with Gasteiger partial charge in [-0.2, -0.15) is 0 Å². The Balaban J connectivity index is 1.76. The van der Waals surface area contributed by atoms with Crippen molar-refractivity contribution in [3.63, 3.8) is 0 Å². The van der Waals surface area contributed by atoms with Crippen LogP contribution in [0.1, 0.15) is 9.68 Å². The van der Waals surface area contributed by atoms with E-state index in [0.717, 1.165) is 26.6 Å². The lowest BCUT2D eigenvalue weighted by atomic mass is 10.00. The monoisotopic (exact) mass is 372 g/mol. The molecule has 0 spiro atoms. The highest BCUT2D eigenvalue weighted by atomic mass is 32.1. The van der Waals surface area contributed by atoms with Crippen LogP contribution in [0.15, 0.2) is 79.0 Å². The van der Waals surface area contributed by atoms with E-state index in [4.69, 9.17) is 4.11 Å². The molecule has 3 aromatic carbocycles. The van der Waals surface area contributed by atoms with Gasteiger partial charge < -0.3 is 0 Å². The van der Waals surface area contributed by atoms with Crippen molar-refractivity contribution in [2.24, 2.45) is 0 Å². The highest BCUT2D eigenvalue weighted by molar-refractivity contribution is 7.26. The van der Waals surface area contributed by atoms with Crippen molar-refractivity contribution in [3.05, 3.63) is 90.4 Å². The van der Waals surface area contributed by atoms with Crippen LogP contribution < -0.4 is 0 Å². The summed E-state index contributed by atoms with van der Waals surface area (Å²) in [5.41, 5.74) is 3.03. The van der Waals surface area contributed by atoms with Gasteiger partial charge in [-0.25, -0.2) is 4.39 Å². The maximum atomic E-state index is 14.3. The van der Waals surface area contributed by atoms with E-state index in [1.165, 1.54) is 17.4 Å². The molecule has 0 fully saturated rings. The van der Waals surface area contributed by atoms with E-state index < -0.39 is 6.85 Å². The van der Waals surface area contributed by atoms with E-state index in [0.29, 0.717) is 16.0 Å². The zero-order valence-electron chi connectivity index (χ0n) is 17.2. The fourth-order valence-corrected chi connectivity index (χ4v) is 4.67.